The Morgan fingerprint density at radius 1 is 1.22 bits per heavy atom. The fraction of sp³-hybridized carbons (Fsp3) is 0.750. The number of hydrogen-bond acceptors (Lipinski definition) is 4. The van der Waals surface area contributed by atoms with Gasteiger partial charge in [0, 0.05) is 5.41 Å². The van der Waals surface area contributed by atoms with Crippen LogP contribution in [0.1, 0.15) is 44.2 Å². The highest BCUT2D eigenvalue weighted by Crippen LogP contribution is 2.60. The Hall–Kier alpha value is -1.92. The van der Waals surface area contributed by atoms with E-state index in [1.165, 1.54) is 23.9 Å². The minimum atomic E-state index is -0.959. The van der Waals surface area contributed by atoms with Crippen LogP contribution in [0.5, 0.6) is 0 Å². The van der Waals surface area contributed by atoms with Gasteiger partial charge in [0.15, 0.2) is 0 Å². The van der Waals surface area contributed by atoms with E-state index >= 15 is 0 Å². The maximum Gasteiger partial charge on any atom is 0.325 e. The average Bonchev–Trinajstić information content (AvgIpc) is 2.90. The molecule has 4 bridgehead atoms. The number of rotatable bonds is 5. The van der Waals surface area contributed by atoms with Gasteiger partial charge < -0.3 is 10.4 Å². The molecule has 23 heavy (non-hydrogen) atoms. The van der Waals surface area contributed by atoms with Gasteiger partial charge in [0.05, 0.1) is 12.7 Å². The number of aliphatic carboxylic acids is 1. The second kappa shape index (κ2) is 5.32. The van der Waals surface area contributed by atoms with Gasteiger partial charge >= 0.3 is 5.97 Å². The Kier molecular flexibility index (Phi) is 3.39. The molecule has 0 unspecified atom stereocenters. The summed E-state index contributed by atoms with van der Waals surface area (Å²) < 4.78 is 1.27. The van der Waals surface area contributed by atoms with Crippen LogP contribution >= 0.6 is 0 Å². The number of carboxylic acid groups (broad SMARTS) is 1. The molecule has 7 nitrogen and oxygen atoms in total. The summed E-state index contributed by atoms with van der Waals surface area (Å²) in [5, 5.41) is 19.4. The van der Waals surface area contributed by atoms with Gasteiger partial charge in [0.25, 0.3) is 0 Å². The van der Waals surface area contributed by atoms with Crippen molar-refractivity contribution in [2.75, 3.05) is 0 Å². The van der Waals surface area contributed by atoms with Crippen molar-refractivity contribution in [1.29, 1.82) is 0 Å². The van der Waals surface area contributed by atoms with E-state index in [-0.39, 0.29) is 17.9 Å². The molecule has 4 fully saturated rings. The van der Waals surface area contributed by atoms with Gasteiger partial charge in [-0.25, -0.2) is 4.68 Å². The van der Waals surface area contributed by atoms with Crippen molar-refractivity contribution in [2.24, 2.45) is 23.2 Å². The van der Waals surface area contributed by atoms with Crippen LogP contribution in [0.4, 0.5) is 0 Å². The van der Waals surface area contributed by atoms with Crippen LogP contribution in [0, 0.1) is 23.2 Å². The predicted octanol–water partition coefficient (Wildman–Crippen LogP) is 1.20. The number of carbonyl (C=O) groups excluding carboxylic acids is 1. The van der Waals surface area contributed by atoms with E-state index in [4.69, 9.17) is 5.11 Å². The number of carbonyl (C=O) groups is 2. The molecule has 0 atom stereocenters. The first-order valence-electron chi connectivity index (χ1n) is 8.41. The van der Waals surface area contributed by atoms with Crippen LogP contribution in [-0.4, -0.2) is 32.0 Å². The zero-order chi connectivity index (χ0) is 16.0. The molecule has 0 aromatic carbocycles. The zero-order valence-electron chi connectivity index (χ0n) is 13.1. The van der Waals surface area contributed by atoms with Gasteiger partial charge in [0.1, 0.15) is 12.2 Å². The SMILES string of the molecule is O=C(O)Cn1cc(CNC(=O)C23CC4CC(CC(C4)C2)C3)nn1. The number of hydrogen-bond donors (Lipinski definition) is 2. The fourth-order valence-corrected chi connectivity index (χ4v) is 5.38. The van der Waals surface area contributed by atoms with Crippen molar-refractivity contribution in [3.63, 3.8) is 0 Å². The van der Waals surface area contributed by atoms with Gasteiger partial charge in [-0.05, 0) is 56.3 Å². The van der Waals surface area contributed by atoms with E-state index in [0.29, 0.717) is 12.2 Å². The largest absolute Gasteiger partial charge is 0.480 e. The summed E-state index contributed by atoms with van der Waals surface area (Å²) in [7, 11) is 0. The maximum atomic E-state index is 12.8. The second-order valence-electron chi connectivity index (χ2n) is 7.68. The first kappa shape index (κ1) is 14.7. The van der Waals surface area contributed by atoms with Crippen molar-refractivity contribution < 1.29 is 14.7 Å². The molecule has 1 aromatic rings. The summed E-state index contributed by atoms with van der Waals surface area (Å²) in [6.45, 7) is 0.107. The van der Waals surface area contributed by atoms with Crippen molar-refractivity contribution >= 4 is 11.9 Å². The van der Waals surface area contributed by atoms with Gasteiger partial charge in [-0.2, -0.15) is 0 Å². The smallest absolute Gasteiger partial charge is 0.325 e. The van der Waals surface area contributed by atoms with Crippen LogP contribution in [0.2, 0.25) is 0 Å². The second-order valence-corrected chi connectivity index (χ2v) is 7.68. The molecular formula is C16H22N4O3. The molecule has 124 valence electrons. The summed E-state index contributed by atoms with van der Waals surface area (Å²) in [6.07, 6.45) is 8.64. The summed E-state index contributed by atoms with van der Waals surface area (Å²) in [6, 6.07) is 0. The molecule has 0 aliphatic heterocycles. The Morgan fingerprint density at radius 2 is 1.83 bits per heavy atom. The summed E-state index contributed by atoms with van der Waals surface area (Å²) in [4.78, 5) is 23.4. The third kappa shape index (κ3) is 2.72. The van der Waals surface area contributed by atoms with Gasteiger partial charge in [-0.1, -0.05) is 5.21 Å². The lowest BCUT2D eigenvalue weighted by molar-refractivity contribution is -0.146. The van der Waals surface area contributed by atoms with E-state index in [9.17, 15) is 9.59 Å². The first-order valence-corrected chi connectivity index (χ1v) is 8.41. The molecule has 1 aromatic heterocycles. The molecular weight excluding hydrogens is 296 g/mol. The number of aromatic nitrogens is 3. The molecule has 7 heteroatoms. The van der Waals surface area contributed by atoms with E-state index in [1.807, 2.05) is 0 Å². The van der Waals surface area contributed by atoms with Crippen molar-refractivity contribution in [3.8, 4) is 0 Å². The van der Waals surface area contributed by atoms with Gasteiger partial charge in [-0.15, -0.1) is 5.10 Å². The molecule has 5 rings (SSSR count). The molecule has 0 spiro atoms. The summed E-state index contributed by atoms with van der Waals surface area (Å²) >= 11 is 0. The van der Waals surface area contributed by atoms with Crippen LogP contribution in [-0.2, 0) is 22.7 Å². The molecule has 2 N–H and O–H groups in total. The zero-order valence-corrected chi connectivity index (χ0v) is 13.1. The van der Waals surface area contributed by atoms with Crippen molar-refractivity contribution in [3.05, 3.63) is 11.9 Å². The molecule has 0 radical (unpaired) electrons. The maximum absolute atomic E-state index is 12.8. The topological polar surface area (TPSA) is 97.1 Å². The Labute approximate surface area is 134 Å². The number of carboxylic acids is 1. The lowest BCUT2D eigenvalue weighted by Gasteiger charge is -2.55. The first-order chi connectivity index (χ1) is 11.0. The van der Waals surface area contributed by atoms with E-state index in [0.717, 1.165) is 37.0 Å². The predicted molar refractivity (Wildman–Crippen MR) is 80.1 cm³/mol. The molecule has 4 aliphatic carbocycles. The Balaban J connectivity index is 1.38. The number of amides is 1. The molecule has 1 amide bonds. The lowest BCUT2D eigenvalue weighted by Crippen LogP contribution is -2.53. The standard InChI is InChI=1S/C16H22N4O3/c21-14(22)9-20-8-13(18-19-20)7-17-15(23)16-4-10-1-11(5-16)3-12(2-10)6-16/h8,10-12H,1-7,9H2,(H,17,23)(H,21,22). The third-order valence-corrected chi connectivity index (χ3v) is 5.83. The number of nitrogens with zero attached hydrogens (tertiary/aromatic N) is 3. The van der Waals surface area contributed by atoms with Crippen LogP contribution in [0.25, 0.3) is 0 Å². The third-order valence-electron chi connectivity index (χ3n) is 5.83. The molecule has 1 heterocycles. The van der Waals surface area contributed by atoms with E-state index < -0.39 is 5.97 Å². The quantitative estimate of drug-likeness (QED) is 0.850. The highest BCUT2D eigenvalue weighted by Gasteiger charge is 2.54. The van der Waals surface area contributed by atoms with Crippen LogP contribution in [0.3, 0.4) is 0 Å². The lowest BCUT2D eigenvalue weighted by atomic mass is 9.49. The highest BCUT2D eigenvalue weighted by molar-refractivity contribution is 5.83. The normalized spacial score (nSPS) is 34.5. The molecule has 4 saturated carbocycles. The molecule has 0 saturated heterocycles. The van der Waals surface area contributed by atoms with E-state index in [1.54, 1.807) is 6.20 Å². The minimum Gasteiger partial charge on any atom is -0.480 e. The number of nitrogens with one attached hydrogen (secondary N) is 1. The fourth-order valence-electron chi connectivity index (χ4n) is 5.38. The van der Waals surface area contributed by atoms with Gasteiger partial charge in [-0.3, -0.25) is 9.59 Å². The Bertz CT molecular complexity index is 604. The average molecular weight is 318 g/mol. The summed E-state index contributed by atoms with van der Waals surface area (Å²) in [5.41, 5.74) is 0.440. The summed E-state index contributed by atoms with van der Waals surface area (Å²) in [5.74, 6) is 1.42. The molecule has 4 aliphatic rings. The van der Waals surface area contributed by atoms with Crippen molar-refractivity contribution in [1.82, 2.24) is 20.3 Å². The monoisotopic (exact) mass is 318 g/mol. The highest BCUT2D eigenvalue weighted by atomic mass is 16.4. The van der Waals surface area contributed by atoms with Gasteiger partial charge in [0.2, 0.25) is 5.91 Å². The Morgan fingerprint density at radius 3 is 2.39 bits per heavy atom. The minimum absolute atomic E-state index is 0.157. The van der Waals surface area contributed by atoms with Crippen molar-refractivity contribution in [2.45, 2.75) is 51.6 Å². The van der Waals surface area contributed by atoms with Crippen LogP contribution < -0.4 is 5.32 Å². The van der Waals surface area contributed by atoms with E-state index in [2.05, 4.69) is 15.6 Å². The van der Waals surface area contributed by atoms with Crippen LogP contribution in [0.15, 0.2) is 6.20 Å².